The quantitative estimate of drug-likeness (QED) is 0.657. The summed E-state index contributed by atoms with van der Waals surface area (Å²) in [5, 5.41) is 17.3. The molecule has 3 rings (SSSR count). The standard InChI is InChI=1S/C14H13BrN4O2/c15-12-6-10(19(20)21)8-17-14(12)18-13-3-1-2-9-7-16-5-4-11(9)13/h1-3,6,8,16H,4-5,7H2,(H,17,18). The molecule has 0 amide bonds. The first-order valence-electron chi connectivity index (χ1n) is 6.53. The fourth-order valence-electron chi connectivity index (χ4n) is 2.40. The molecule has 2 N–H and O–H groups in total. The van der Waals surface area contributed by atoms with Gasteiger partial charge in [0.05, 0.1) is 9.40 Å². The molecule has 2 heterocycles. The first-order chi connectivity index (χ1) is 10.1. The van der Waals surface area contributed by atoms with Gasteiger partial charge in [0.1, 0.15) is 12.0 Å². The maximum Gasteiger partial charge on any atom is 0.288 e. The number of anilines is 2. The molecule has 0 atom stereocenters. The number of fused-ring (bicyclic) bond motifs is 1. The SMILES string of the molecule is O=[N+]([O-])c1cnc(Nc2cccc3c2CCNC3)c(Br)c1. The topological polar surface area (TPSA) is 80.1 Å². The average molecular weight is 349 g/mol. The van der Waals surface area contributed by atoms with Crippen molar-refractivity contribution in [3.63, 3.8) is 0 Å². The molecule has 1 aromatic heterocycles. The van der Waals surface area contributed by atoms with E-state index in [1.54, 1.807) is 0 Å². The number of aromatic nitrogens is 1. The van der Waals surface area contributed by atoms with Crippen molar-refractivity contribution in [2.75, 3.05) is 11.9 Å². The van der Waals surface area contributed by atoms with E-state index in [0.717, 1.165) is 25.2 Å². The van der Waals surface area contributed by atoms with Crippen LogP contribution in [0.15, 0.2) is 34.9 Å². The Hall–Kier alpha value is -1.99. The molecule has 7 heteroatoms. The molecule has 0 unspecified atom stereocenters. The Bertz CT molecular complexity index is 705. The molecule has 1 aromatic carbocycles. The normalized spacial score (nSPS) is 13.6. The molecule has 0 saturated heterocycles. The zero-order valence-corrected chi connectivity index (χ0v) is 12.7. The molecule has 1 aliphatic rings. The van der Waals surface area contributed by atoms with Gasteiger partial charge in [0.25, 0.3) is 5.69 Å². The summed E-state index contributed by atoms with van der Waals surface area (Å²) in [6, 6.07) is 7.55. The van der Waals surface area contributed by atoms with Crippen LogP contribution in [0.2, 0.25) is 0 Å². The second-order valence-electron chi connectivity index (χ2n) is 4.78. The molecule has 0 spiro atoms. The van der Waals surface area contributed by atoms with Crippen molar-refractivity contribution in [3.05, 3.63) is 56.2 Å². The number of nitrogens with one attached hydrogen (secondary N) is 2. The average Bonchev–Trinajstić information content (AvgIpc) is 2.49. The minimum absolute atomic E-state index is 0.0354. The monoisotopic (exact) mass is 348 g/mol. The van der Waals surface area contributed by atoms with Crippen LogP contribution in [0.4, 0.5) is 17.2 Å². The number of hydrogen-bond acceptors (Lipinski definition) is 5. The summed E-state index contributed by atoms with van der Waals surface area (Å²) < 4.78 is 0.572. The summed E-state index contributed by atoms with van der Waals surface area (Å²) in [5.74, 6) is 0.576. The third-order valence-electron chi connectivity index (χ3n) is 3.43. The zero-order valence-electron chi connectivity index (χ0n) is 11.1. The Balaban J connectivity index is 1.92. The number of halogens is 1. The lowest BCUT2D eigenvalue weighted by Crippen LogP contribution is -2.24. The number of rotatable bonds is 3. The van der Waals surface area contributed by atoms with Gasteiger partial charge in [-0.2, -0.15) is 0 Å². The summed E-state index contributed by atoms with van der Waals surface area (Å²) >= 11 is 3.33. The Morgan fingerprint density at radius 2 is 2.29 bits per heavy atom. The minimum atomic E-state index is -0.461. The number of benzene rings is 1. The Kier molecular flexibility index (Phi) is 3.85. The van der Waals surface area contributed by atoms with Gasteiger partial charge in [0.15, 0.2) is 0 Å². The predicted octanol–water partition coefficient (Wildman–Crippen LogP) is 3.14. The summed E-state index contributed by atoms with van der Waals surface area (Å²) in [7, 11) is 0. The highest BCUT2D eigenvalue weighted by Crippen LogP contribution is 2.30. The van der Waals surface area contributed by atoms with Crippen LogP contribution in [0.3, 0.4) is 0 Å². The molecule has 6 nitrogen and oxygen atoms in total. The van der Waals surface area contributed by atoms with Gasteiger partial charge in [-0.3, -0.25) is 10.1 Å². The second-order valence-corrected chi connectivity index (χ2v) is 5.63. The molecular formula is C14H13BrN4O2. The van der Waals surface area contributed by atoms with Gasteiger partial charge in [-0.1, -0.05) is 12.1 Å². The molecule has 1 aliphatic heterocycles. The van der Waals surface area contributed by atoms with Crippen molar-refractivity contribution < 1.29 is 4.92 Å². The predicted molar refractivity (Wildman–Crippen MR) is 83.7 cm³/mol. The van der Waals surface area contributed by atoms with Gasteiger partial charge < -0.3 is 10.6 Å². The number of nitrogens with zero attached hydrogens (tertiary/aromatic N) is 2. The van der Waals surface area contributed by atoms with E-state index >= 15 is 0 Å². The molecular weight excluding hydrogens is 336 g/mol. The highest BCUT2D eigenvalue weighted by molar-refractivity contribution is 9.10. The minimum Gasteiger partial charge on any atom is -0.339 e. The maximum absolute atomic E-state index is 10.7. The van der Waals surface area contributed by atoms with E-state index in [-0.39, 0.29) is 5.69 Å². The number of nitro groups is 1. The molecule has 0 bridgehead atoms. The lowest BCUT2D eigenvalue weighted by Gasteiger charge is -2.21. The van der Waals surface area contributed by atoms with Gasteiger partial charge >= 0.3 is 0 Å². The van der Waals surface area contributed by atoms with E-state index in [0.29, 0.717) is 10.3 Å². The van der Waals surface area contributed by atoms with Gasteiger partial charge in [0, 0.05) is 18.3 Å². The Labute approximate surface area is 129 Å². The lowest BCUT2D eigenvalue weighted by atomic mass is 9.99. The molecule has 2 aromatic rings. The van der Waals surface area contributed by atoms with E-state index in [4.69, 9.17) is 0 Å². The highest BCUT2D eigenvalue weighted by Gasteiger charge is 2.15. The van der Waals surface area contributed by atoms with Crippen LogP contribution in [0, 0.1) is 10.1 Å². The molecule has 0 fully saturated rings. The van der Waals surface area contributed by atoms with Crippen molar-refractivity contribution in [1.29, 1.82) is 0 Å². The van der Waals surface area contributed by atoms with Crippen molar-refractivity contribution in [2.45, 2.75) is 13.0 Å². The van der Waals surface area contributed by atoms with Gasteiger partial charge in [-0.15, -0.1) is 0 Å². The summed E-state index contributed by atoms with van der Waals surface area (Å²) in [4.78, 5) is 14.4. The number of hydrogen-bond donors (Lipinski definition) is 2. The van der Waals surface area contributed by atoms with Crippen molar-refractivity contribution in [3.8, 4) is 0 Å². The summed E-state index contributed by atoms with van der Waals surface area (Å²) in [5.41, 5.74) is 3.50. The van der Waals surface area contributed by atoms with E-state index in [1.807, 2.05) is 12.1 Å². The van der Waals surface area contributed by atoms with Crippen LogP contribution in [0.25, 0.3) is 0 Å². The van der Waals surface area contributed by atoms with Crippen LogP contribution in [0.1, 0.15) is 11.1 Å². The molecule has 108 valence electrons. The Morgan fingerprint density at radius 1 is 1.43 bits per heavy atom. The number of pyridine rings is 1. The van der Waals surface area contributed by atoms with Gasteiger partial charge in [0.2, 0.25) is 0 Å². The Morgan fingerprint density at radius 3 is 3.05 bits per heavy atom. The van der Waals surface area contributed by atoms with E-state index in [9.17, 15) is 10.1 Å². The third-order valence-corrected chi connectivity index (χ3v) is 4.04. The van der Waals surface area contributed by atoms with Crippen LogP contribution in [-0.4, -0.2) is 16.5 Å². The fraction of sp³-hybridized carbons (Fsp3) is 0.214. The zero-order chi connectivity index (χ0) is 14.8. The van der Waals surface area contributed by atoms with Gasteiger partial charge in [-0.05, 0) is 46.1 Å². The highest BCUT2D eigenvalue weighted by atomic mass is 79.9. The van der Waals surface area contributed by atoms with Crippen LogP contribution >= 0.6 is 15.9 Å². The van der Waals surface area contributed by atoms with Crippen LogP contribution < -0.4 is 10.6 Å². The molecule has 0 radical (unpaired) electrons. The summed E-state index contributed by atoms with van der Waals surface area (Å²) in [6.07, 6.45) is 2.20. The fourth-order valence-corrected chi connectivity index (χ4v) is 2.83. The van der Waals surface area contributed by atoms with E-state index in [1.165, 1.54) is 23.4 Å². The lowest BCUT2D eigenvalue weighted by molar-refractivity contribution is -0.385. The largest absolute Gasteiger partial charge is 0.339 e. The molecule has 21 heavy (non-hydrogen) atoms. The smallest absolute Gasteiger partial charge is 0.288 e. The first kappa shape index (κ1) is 14.0. The maximum atomic E-state index is 10.7. The van der Waals surface area contributed by atoms with E-state index < -0.39 is 4.92 Å². The van der Waals surface area contributed by atoms with Crippen molar-refractivity contribution >= 4 is 33.1 Å². The van der Waals surface area contributed by atoms with Crippen molar-refractivity contribution in [1.82, 2.24) is 10.3 Å². The summed E-state index contributed by atoms with van der Waals surface area (Å²) in [6.45, 7) is 1.81. The third kappa shape index (κ3) is 2.88. The van der Waals surface area contributed by atoms with Gasteiger partial charge in [-0.25, -0.2) is 4.98 Å². The van der Waals surface area contributed by atoms with Crippen LogP contribution in [0.5, 0.6) is 0 Å². The van der Waals surface area contributed by atoms with Crippen molar-refractivity contribution in [2.24, 2.45) is 0 Å². The molecule has 0 aliphatic carbocycles. The van der Waals surface area contributed by atoms with E-state index in [2.05, 4.69) is 37.6 Å². The second kappa shape index (κ2) is 5.79. The first-order valence-corrected chi connectivity index (χ1v) is 7.33. The van der Waals surface area contributed by atoms with Crippen LogP contribution in [-0.2, 0) is 13.0 Å². The molecule has 0 saturated carbocycles.